The van der Waals surface area contributed by atoms with Crippen molar-refractivity contribution in [3.05, 3.63) is 59.9 Å². The molecule has 0 bridgehead atoms. The molecule has 1 saturated heterocycles. The van der Waals surface area contributed by atoms with E-state index in [9.17, 15) is 13.5 Å². The van der Waals surface area contributed by atoms with E-state index >= 15 is 0 Å². The zero-order valence-electron chi connectivity index (χ0n) is 18.3. The second-order valence-corrected chi connectivity index (χ2v) is 10.3. The molecule has 0 radical (unpaired) electrons. The highest BCUT2D eigenvalue weighted by molar-refractivity contribution is 7.90. The SMILES string of the molecule is CN([C@H]1CCCO1)S(=O)(=O)Nc1ccc(CC(C)(C)NC[C@H](O)c2cccnc2)cc1. The molecule has 0 spiro atoms. The monoisotopic (exact) mass is 448 g/mol. The number of hydrogen-bond acceptors (Lipinski definition) is 6. The van der Waals surface area contributed by atoms with Crippen molar-refractivity contribution >= 4 is 15.9 Å². The molecule has 0 amide bonds. The van der Waals surface area contributed by atoms with Crippen molar-refractivity contribution < 1.29 is 18.3 Å². The molecule has 3 rings (SSSR count). The van der Waals surface area contributed by atoms with Gasteiger partial charge in [0.25, 0.3) is 0 Å². The first kappa shape index (κ1) is 23.6. The number of rotatable bonds is 10. The lowest BCUT2D eigenvalue weighted by Crippen LogP contribution is -2.43. The van der Waals surface area contributed by atoms with E-state index in [0.717, 1.165) is 24.0 Å². The molecule has 2 aromatic rings. The first-order valence-electron chi connectivity index (χ1n) is 10.5. The average Bonchev–Trinajstić information content (AvgIpc) is 3.28. The predicted molar refractivity (Wildman–Crippen MR) is 121 cm³/mol. The lowest BCUT2D eigenvalue weighted by molar-refractivity contribution is 0.0398. The fraction of sp³-hybridized carbons (Fsp3) is 0.500. The molecule has 1 aliphatic rings. The van der Waals surface area contributed by atoms with E-state index < -0.39 is 22.5 Å². The molecule has 1 fully saturated rings. The standard InChI is InChI=1S/C22H32N4O4S/c1-22(2,24-16-20(27)18-6-4-12-23-15-18)14-17-8-10-19(11-9-17)25-31(28,29)26(3)21-7-5-13-30-21/h4,6,8-12,15,20-21,24-25,27H,5,7,13-14,16H2,1-3H3/t20-,21+/m0/s1. The van der Waals surface area contributed by atoms with Gasteiger partial charge in [0.2, 0.25) is 0 Å². The van der Waals surface area contributed by atoms with Crippen LogP contribution in [0, 0.1) is 0 Å². The number of pyridine rings is 1. The molecule has 2 atom stereocenters. The van der Waals surface area contributed by atoms with Gasteiger partial charge >= 0.3 is 10.2 Å². The third kappa shape index (κ3) is 6.72. The van der Waals surface area contributed by atoms with Crippen LogP contribution in [0.3, 0.4) is 0 Å². The molecule has 9 heteroatoms. The van der Waals surface area contributed by atoms with Crippen molar-refractivity contribution in [3.63, 3.8) is 0 Å². The van der Waals surface area contributed by atoms with Gasteiger partial charge in [0.15, 0.2) is 0 Å². The first-order chi connectivity index (χ1) is 14.7. The molecule has 31 heavy (non-hydrogen) atoms. The van der Waals surface area contributed by atoms with E-state index in [1.165, 1.54) is 11.4 Å². The Balaban J connectivity index is 1.54. The molecule has 2 heterocycles. The summed E-state index contributed by atoms with van der Waals surface area (Å²) in [5.74, 6) is 0. The number of hydrogen-bond donors (Lipinski definition) is 3. The van der Waals surface area contributed by atoms with E-state index in [2.05, 4.69) is 28.9 Å². The summed E-state index contributed by atoms with van der Waals surface area (Å²) in [6.07, 6.45) is 4.58. The molecule has 1 aromatic carbocycles. The van der Waals surface area contributed by atoms with Crippen molar-refractivity contribution in [2.45, 2.75) is 51.0 Å². The van der Waals surface area contributed by atoms with Crippen LogP contribution in [0.1, 0.15) is 43.9 Å². The van der Waals surface area contributed by atoms with Gasteiger partial charge in [-0.1, -0.05) is 18.2 Å². The summed E-state index contributed by atoms with van der Waals surface area (Å²) in [4.78, 5) is 4.04. The quantitative estimate of drug-likeness (QED) is 0.516. The number of aliphatic hydroxyl groups excluding tert-OH is 1. The number of benzene rings is 1. The van der Waals surface area contributed by atoms with E-state index in [4.69, 9.17) is 4.74 Å². The Hall–Kier alpha value is -2.04. The lowest BCUT2D eigenvalue weighted by Gasteiger charge is -2.28. The van der Waals surface area contributed by atoms with Gasteiger partial charge in [-0.15, -0.1) is 0 Å². The summed E-state index contributed by atoms with van der Waals surface area (Å²) >= 11 is 0. The number of β-amino-alcohol motifs (C(OH)–C–C–N with tert-alkyl or cyclic N) is 1. The molecule has 0 unspecified atom stereocenters. The summed E-state index contributed by atoms with van der Waals surface area (Å²) in [5.41, 5.74) is 2.08. The van der Waals surface area contributed by atoms with E-state index in [1.54, 1.807) is 30.6 Å². The van der Waals surface area contributed by atoms with Crippen LogP contribution in [0.25, 0.3) is 0 Å². The maximum atomic E-state index is 12.6. The van der Waals surface area contributed by atoms with Gasteiger partial charge in [0.05, 0.1) is 6.10 Å². The van der Waals surface area contributed by atoms with E-state index in [1.807, 2.05) is 18.2 Å². The first-order valence-corrected chi connectivity index (χ1v) is 11.9. The third-order valence-corrected chi connectivity index (χ3v) is 6.87. The number of nitrogens with zero attached hydrogens (tertiary/aromatic N) is 2. The van der Waals surface area contributed by atoms with Crippen LogP contribution >= 0.6 is 0 Å². The maximum Gasteiger partial charge on any atom is 0.303 e. The van der Waals surface area contributed by atoms with Gasteiger partial charge in [-0.2, -0.15) is 12.7 Å². The Kier molecular flexibility index (Phi) is 7.66. The molecule has 170 valence electrons. The van der Waals surface area contributed by atoms with Gasteiger partial charge in [-0.3, -0.25) is 9.71 Å². The molecule has 3 N–H and O–H groups in total. The van der Waals surface area contributed by atoms with Crippen LogP contribution < -0.4 is 10.0 Å². The zero-order valence-corrected chi connectivity index (χ0v) is 19.1. The largest absolute Gasteiger partial charge is 0.387 e. The minimum atomic E-state index is -3.68. The van der Waals surface area contributed by atoms with Crippen LogP contribution in [0.5, 0.6) is 0 Å². The van der Waals surface area contributed by atoms with Crippen LogP contribution in [0.4, 0.5) is 5.69 Å². The summed E-state index contributed by atoms with van der Waals surface area (Å²) in [6.45, 7) is 5.13. The Morgan fingerprint density at radius 3 is 2.65 bits per heavy atom. The minimum Gasteiger partial charge on any atom is -0.387 e. The van der Waals surface area contributed by atoms with Crippen LogP contribution in [-0.2, 0) is 21.4 Å². The van der Waals surface area contributed by atoms with Gasteiger partial charge in [0.1, 0.15) is 6.23 Å². The Labute approximate surface area is 184 Å². The third-order valence-electron chi connectivity index (χ3n) is 5.38. The fourth-order valence-corrected chi connectivity index (χ4v) is 4.60. The molecular formula is C22H32N4O4S. The van der Waals surface area contributed by atoms with E-state index in [-0.39, 0.29) is 5.54 Å². The fourth-order valence-electron chi connectivity index (χ4n) is 3.55. The predicted octanol–water partition coefficient (Wildman–Crippen LogP) is 2.45. The Morgan fingerprint density at radius 1 is 1.29 bits per heavy atom. The minimum absolute atomic E-state index is 0.260. The molecule has 0 aliphatic carbocycles. The normalized spacial score (nSPS) is 18.3. The topological polar surface area (TPSA) is 104 Å². The van der Waals surface area contributed by atoms with Crippen molar-refractivity contribution in [1.82, 2.24) is 14.6 Å². The number of ether oxygens (including phenoxy) is 1. The number of nitrogens with one attached hydrogen (secondary N) is 2. The average molecular weight is 449 g/mol. The summed E-state index contributed by atoms with van der Waals surface area (Å²) < 4.78 is 34.4. The molecule has 8 nitrogen and oxygen atoms in total. The van der Waals surface area contributed by atoms with Crippen LogP contribution in [0.15, 0.2) is 48.8 Å². The summed E-state index contributed by atoms with van der Waals surface area (Å²) in [5, 5.41) is 13.7. The number of aromatic nitrogens is 1. The smallest absolute Gasteiger partial charge is 0.303 e. The van der Waals surface area contributed by atoms with Gasteiger partial charge < -0.3 is 15.2 Å². The van der Waals surface area contributed by atoms with Gasteiger partial charge in [-0.25, -0.2) is 0 Å². The lowest BCUT2D eigenvalue weighted by atomic mass is 9.94. The van der Waals surface area contributed by atoms with Crippen LogP contribution in [0.2, 0.25) is 0 Å². The summed E-state index contributed by atoms with van der Waals surface area (Å²) in [6, 6.07) is 11.0. The highest BCUT2D eigenvalue weighted by Gasteiger charge is 2.29. The maximum absolute atomic E-state index is 12.6. The van der Waals surface area contributed by atoms with Crippen molar-refractivity contribution in [2.24, 2.45) is 0 Å². The molecular weight excluding hydrogens is 416 g/mol. The Bertz CT molecular complexity index is 930. The summed E-state index contributed by atoms with van der Waals surface area (Å²) in [7, 11) is -2.15. The zero-order chi connectivity index (χ0) is 22.5. The van der Waals surface area contributed by atoms with E-state index in [0.29, 0.717) is 25.3 Å². The molecule has 1 aliphatic heterocycles. The van der Waals surface area contributed by atoms with Crippen molar-refractivity contribution in [3.8, 4) is 0 Å². The van der Waals surface area contributed by atoms with Crippen molar-refractivity contribution in [1.29, 1.82) is 0 Å². The van der Waals surface area contributed by atoms with Crippen molar-refractivity contribution in [2.75, 3.05) is 24.9 Å². The second-order valence-electron chi connectivity index (χ2n) is 8.53. The Morgan fingerprint density at radius 2 is 2.03 bits per heavy atom. The number of aliphatic hydroxyl groups is 1. The van der Waals surface area contributed by atoms with Gasteiger partial charge in [-0.05, 0) is 56.9 Å². The van der Waals surface area contributed by atoms with Gasteiger partial charge in [0, 0.05) is 49.4 Å². The second kappa shape index (κ2) is 10.1. The highest BCUT2D eigenvalue weighted by Crippen LogP contribution is 2.21. The van der Waals surface area contributed by atoms with Crippen LogP contribution in [-0.4, -0.2) is 54.8 Å². The highest BCUT2D eigenvalue weighted by atomic mass is 32.2. The molecule has 0 saturated carbocycles. The number of anilines is 1. The molecule has 1 aromatic heterocycles.